The van der Waals surface area contributed by atoms with Gasteiger partial charge in [-0.05, 0) is 29.1 Å². The van der Waals surface area contributed by atoms with E-state index in [1.807, 2.05) is 30.3 Å². The molecule has 0 bridgehead atoms. The van der Waals surface area contributed by atoms with Gasteiger partial charge in [0.25, 0.3) is 0 Å². The van der Waals surface area contributed by atoms with E-state index < -0.39 is 11.5 Å². The van der Waals surface area contributed by atoms with Crippen LogP contribution in [-0.2, 0) is 7.05 Å². The minimum absolute atomic E-state index is 0.0347. The van der Waals surface area contributed by atoms with E-state index in [-0.39, 0.29) is 10.8 Å². The van der Waals surface area contributed by atoms with Crippen molar-refractivity contribution in [3.63, 3.8) is 0 Å². The quantitative estimate of drug-likeness (QED) is 0.444. The first-order valence-electron chi connectivity index (χ1n) is 6.09. The third-order valence-electron chi connectivity index (χ3n) is 2.68. The first-order chi connectivity index (χ1) is 10.0. The van der Waals surface area contributed by atoms with E-state index in [1.54, 1.807) is 7.05 Å². The van der Waals surface area contributed by atoms with Crippen molar-refractivity contribution in [1.82, 2.24) is 15.3 Å². The summed E-state index contributed by atoms with van der Waals surface area (Å²) in [5, 5.41) is 8.20. The molecular weight excluding hydrogens is 292 g/mol. The number of nitrogens with one attached hydrogen (secondary N) is 4. The largest absolute Gasteiger partial charge is 0.430 e. The van der Waals surface area contributed by atoms with Crippen molar-refractivity contribution in [2.45, 2.75) is 0 Å². The zero-order chi connectivity index (χ0) is 15.4. The molecule has 1 aromatic carbocycles. The zero-order valence-corrected chi connectivity index (χ0v) is 12.3. The van der Waals surface area contributed by atoms with Crippen LogP contribution in [0.15, 0.2) is 35.1 Å². The Bertz CT molecular complexity index is 721. The molecule has 2 aromatic rings. The summed E-state index contributed by atoms with van der Waals surface area (Å²) in [6, 6.07) is 9.26. The molecule has 0 radical (unpaired) electrons. The van der Waals surface area contributed by atoms with Gasteiger partial charge in [-0.1, -0.05) is 23.4 Å². The number of benzene rings is 1. The fourth-order valence-corrected chi connectivity index (χ4v) is 1.93. The van der Waals surface area contributed by atoms with Crippen LogP contribution in [0, 0.1) is 0 Å². The van der Waals surface area contributed by atoms with Gasteiger partial charge in [0.1, 0.15) is 7.05 Å². The van der Waals surface area contributed by atoms with Crippen molar-refractivity contribution in [3.8, 4) is 0 Å². The normalized spacial score (nSPS) is 10.0. The van der Waals surface area contributed by atoms with Gasteiger partial charge in [-0.3, -0.25) is 4.79 Å². The fourth-order valence-electron chi connectivity index (χ4n) is 1.72. The van der Waals surface area contributed by atoms with Gasteiger partial charge >= 0.3 is 17.2 Å². The highest BCUT2D eigenvalue weighted by atomic mass is 32.1. The Labute approximate surface area is 125 Å². The third-order valence-corrected chi connectivity index (χ3v) is 2.87. The number of aromatic amines is 1. The molecule has 0 saturated heterocycles. The molecule has 0 atom stereocenters. The maximum atomic E-state index is 12.1. The number of rotatable bonds is 3. The van der Waals surface area contributed by atoms with Crippen molar-refractivity contribution in [1.29, 1.82) is 0 Å². The Morgan fingerprint density at radius 2 is 2.00 bits per heavy atom. The first kappa shape index (κ1) is 14.7. The maximum Gasteiger partial charge on any atom is 0.430 e. The van der Waals surface area contributed by atoms with Crippen molar-refractivity contribution >= 4 is 28.9 Å². The molecule has 0 aliphatic rings. The SMILES string of the molecule is CNC(=O)c1c(=O)n(NC(=S)Nc2ccccc2)[nH][n+]1C. The maximum absolute atomic E-state index is 12.1. The summed E-state index contributed by atoms with van der Waals surface area (Å²) in [6.07, 6.45) is 0. The average Bonchev–Trinajstić information content (AvgIpc) is 2.73. The smallest absolute Gasteiger partial charge is 0.352 e. The van der Waals surface area contributed by atoms with Gasteiger partial charge in [-0.25, -0.2) is 4.79 Å². The summed E-state index contributed by atoms with van der Waals surface area (Å²) in [6.45, 7) is 0. The van der Waals surface area contributed by atoms with E-state index in [2.05, 4.69) is 21.3 Å². The molecule has 0 aliphatic heterocycles. The molecule has 0 spiro atoms. The number of para-hydroxylation sites is 1. The van der Waals surface area contributed by atoms with Crippen LogP contribution in [0.25, 0.3) is 0 Å². The van der Waals surface area contributed by atoms with Gasteiger partial charge in [0.05, 0.1) is 0 Å². The lowest BCUT2D eigenvalue weighted by molar-refractivity contribution is -0.733. The summed E-state index contributed by atoms with van der Waals surface area (Å²) >= 11 is 5.11. The van der Waals surface area contributed by atoms with Crippen LogP contribution in [-0.4, -0.2) is 28.1 Å². The third kappa shape index (κ3) is 3.26. The number of H-pyrrole nitrogens is 1. The topological polar surface area (TPSA) is 94.8 Å². The lowest BCUT2D eigenvalue weighted by Gasteiger charge is -2.05. The molecule has 1 amide bonds. The van der Waals surface area contributed by atoms with Gasteiger partial charge in [-0.2, -0.15) is 10.1 Å². The molecule has 8 nitrogen and oxygen atoms in total. The lowest BCUT2D eigenvalue weighted by atomic mass is 10.3. The molecular formula is C12H15N6O2S+. The van der Waals surface area contributed by atoms with E-state index >= 15 is 0 Å². The van der Waals surface area contributed by atoms with E-state index in [1.165, 1.54) is 11.7 Å². The number of anilines is 1. The van der Waals surface area contributed by atoms with E-state index in [9.17, 15) is 9.59 Å². The summed E-state index contributed by atoms with van der Waals surface area (Å²) in [5.74, 6) is -0.485. The fraction of sp³-hybridized carbons (Fsp3) is 0.167. The molecule has 2 rings (SSSR count). The minimum atomic E-state index is -0.533. The second kappa shape index (κ2) is 6.18. The lowest BCUT2D eigenvalue weighted by Crippen LogP contribution is -2.42. The van der Waals surface area contributed by atoms with Crippen LogP contribution >= 0.6 is 12.2 Å². The van der Waals surface area contributed by atoms with Crippen LogP contribution in [0.1, 0.15) is 10.5 Å². The molecule has 0 fully saturated rings. The molecule has 0 aliphatic carbocycles. The van der Waals surface area contributed by atoms with E-state index in [4.69, 9.17) is 12.2 Å². The van der Waals surface area contributed by atoms with Gasteiger partial charge in [-0.15, -0.1) is 0 Å². The zero-order valence-electron chi connectivity index (χ0n) is 11.5. The Morgan fingerprint density at radius 3 is 2.62 bits per heavy atom. The molecule has 1 heterocycles. The highest BCUT2D eigenvalue weighted by Crippen LogP contribution is 2.04. The van der Waals surface area contributed by atoms with Gasteiger partial charge in [0, 0.05) is 12.7 Å². The van der Waals surface area contributed by atoms with E-state index in [0.717, 1.165) is 10.5 Å². The summed E-state index contributed by atoms with van der Waals surface area (Å²) < 4.78 is 1.30. The summed E-state index contributed by atoms with van der Waals surface area (Å²) in [5.41, 5.74) is 2.88. The number of carbonyl (C=O) groups excluding carboxylic acids is 1. The van der Waals surface area contributed by atoms with Crippen molar-refractivity contribution in [2.24, 2.45) is 7.05 Å². The number of nitrogens with zero attached hydrogens (tertiary/aromatic N) is 2. The van der Waals surface area contributed by atoms with E-state index in [0.29, 0.717) is 0 Å². The predicted octanol–water partition coefficient (Wildman–Crippen LogP) is -0.699. The Morgan fingerprint density at radius 1 is 1.33 bits per heavy atom. The first-order valence-corrected chi connectivity index (χ1v) is 6.50. The van der Waals surface area contributed by atoms with Gasteiger partial charge < -0.3 is 10.6 Å². The van der Waals surface area contributed by atoms with Crippen molar-refractivity contribution < 1.29 is 9.48 Å². The highest BCUT2D eigenvalue weighted by Gasteiger charge is 2.25. The summed E-state index contributed by atoms with van der Waals surface area (Å²) in [4.78, 5) is 24.7. The monoisotopic (exact) mass is 307 g/mol. The predicted molar refractivity (Wildman–Crippen MR) is 81.6 cm³/mol. The summed E-state index contributed by atoms with van der Waals surface area (Å²) in [7, 11) is 3.01. The Hall–Kier alpha value is -2.68. The minimum Gasteiger partial charge on any atom is -0.352 e. The second-order valence-electron chi connectivity index (χ2n) is 4.16. The molecule has 9 heteroatoms. The second-order valence-corrected chi connectivity index (χ2v) is 4.57. The number of thiocarbonyl (C=S) groups is 1. The number of carbonyl (C=O) groups is 1. The molecule has 4 N–H and O–H groups in total. The molecule has 0 saturated carbocycles. The van der Waals surface area contributed by atoms with Crippen LogP contribution in [0.5, 0.6) is 0 Å². The average molecular weight is 307 g/mol. The number of hydrogen-bond acceptors (Lipinski definition) is 3. The molecule has 0 unspecified atom stereocenters. The van der Waals surface area contributed by atoms with Crippen LogP contribution in [0.2, 0.25) is 0 Å². The van der Waals surface area contributed by atoms with Crippen LogP contribution in [0.3, 0.4) is 0 Å². The number of aromatic nitrogens is 3. The number of amides is 1. The standard InChI is InChI=1S/C12H14N6O2S/c1-13-10(19)9-11(20)18(16-17(9)2)15-12(21)14-8-6-4-3-5-7-8/h3-7H,1-2H3,(H3-,13,14,15,16,19,20,21)/p+1. The van der Waals surface area contributed by atoms with Crippen molar-refractivity contribution in [3.05, 3.63) is 46.4 Å². The van der Waals surface area contributed by atoms with Crippen LogP contribution < -0.4 is 26.3 Å². The number of aryl methyl sites for hydroxylation is 1. The van der Waals surface area contributed by atoms with Gasteiger partial charge in [0.15, 0.2) is 0 Å². The Balaban J connectivity index is 2.15. The Kier molecular flexibility index (Phi) is 4.33. The molecule has 1 aromatic heterocycles. The number of hydrogen-bond donors (Lipinski definition) is 4. The van der Waals surface area contributed by atoms with Crippen LogP contribution in [0.4, 0.5) is 5.69 Å². The molecule has 110 valence electrons. The van der Waals surface area contributed by atoms with Crippen molar-refractivity contribution in [2.75, 3.05) is 17.8 Å². The highest BCUT2D eigenvalue weighted by molar-refractivity contribution is 7.80. The van der Waals surface area contributed by atoms with Gasteiger partial charge in [0.2, 0.25) is 5.11 Å². The molecule has 21 heavy (non-hydrogen) atoms.